The van der Waals surface area contributed by atoms with Crippen LogP contribution in [0.2, 0.25) is 0 Å². The van der Waals surface area contributed by atoms with Gasteiger partial charge in [-0.25, -0.2) is 9.18 Å². The Labute approximate surface area is 226 Å². The summed E-state index contributed by atoms with van der Waals surface area (Å²) in [6.07, 6.45) is 2.73. The normalized spacial score (nSPS) is 15.7. The average Bonchev–Trinajstić information content (AvgIpc) is 3.20. The number of carbonyl (C=O) groups is 2. The van der Waals surface area contributed by atoms with Gasteiger partial charge in [0.15, 0.2) is 5.78 Å². The lowest BCUT2D eigenvalue weighted by Crippen LogP contribution is -2.37. The van der Waals surface area contributed by atoms with Crippen LogP contribution in [0.5, 0.6) is 0 Å². The first kappa shape index (κ1) is 25.8. The van der Waals surface area contributed by atoms with Gasteiger partial charge in [-0.1, -0.05) is 29.8 Å². The fourth-order valence-electron chi connectivity index (χ4n) is 4.32. The SMILES string of the molecule is Cc1ccc(S(=O)(=O)n2nc(C)c3cc(Br)c(NC(=O)N4C=CC(=O)CC4c4ccc(F)cc4)cc32)cc1. The molecular formula is C27H22BrFN4O4S. The average molecular weight is 597 g/mol. The van der Waals surface area contributed by atoms with Gasteiger partial charge in [0.25, 0.3) is 10.0 Å². The first-order valence-corrected chi connectivity index (χ1v) is 13.8. The van der Waals surface area contributed by atoms with Crippen molar-refractivity contribution in [1.29, 1.82) is 0 Å². The molecule has 0 radical (unpaired) electrons. The Bertz CT molecular complexity index is 1710. The quantitative estimate of drug-likeness (QED) is 0.318. The Kier molecular flexibility index (Phi) is 6.66. The van der Waals surface area contributed by atoms with Gasteiger partial charge in [-0.2, -0.15) is 17.6 Å². The summed E-state index contributed by atoms with van der Waals surface area (Å²) in [6.45, 7) is 3.57. The van der Waals surface area contributed by atoms with Crippen molar-refractivity contribution in [2.45, 2.75) is 31.2 Å². The number of allylic oxidation sites excluding steroid dienone is 1. The predicted molar refractivity (Wildman–Crippen MR) is 145 cm³/mol. The van der Waals surface area contributed by atoms with Gasteiger partial charge in [0.2, 0.25) is 0 Å². The number of anilines is 1. The molecule has 2 heterocycles. The van der Waals surface area contributed by atoms with E-state index in [0.29, 0.717) is 32.3 Å². The van der Waals surface area contributed by atoms with Crippen LogP contribution in [-0.2, 0) is 14.8 Å². The van der Waals surface area contributed by atoms with Gasteiger partial charge in [-0.05, 0) is 77.8 Å². The van der Waals surface area contributed by atoms with E-state index in [0.717, 1.165) is 9.65 Å². The lowest BCUT2D eigenvalue weighted by molar-refractivity contribution is -0.116. The highest BCUT2D eigenvalue weighted by Crippen LogP contribution is 2.34. The molecule has 1 N–H and O–H groups in total. The van der Waals surface area contributed by atoms with Crippen LogP contribution in [0, 0.1) is 19.7 Å². The minimum atomic E-state index is -4.01. The highest BCUT2D eigenvalue weighted by Gasteiger charge is 2.30. The highest BCUT2D eigenvalue weighted by atomic mass is 79.9. The monoisotopic (exact) mass is 596 g/mol. The second kappa shape index (κ2) is 9.80. The maximum atomic E-state index is 13.5. The van der Waals surface area contributed by atoms with Crippen molar-refractivity contribution >= 4 is 54.4 Å². The second-order valence-corrected chi connectivity index (χ2v) is 11.6. The van der Waals surface area contributed by atoms with Crippen LogP contribution in [0.3, 0.4) is 0 Å². The third kappa shape index (κ3) is 4.74. The number of halogens is 2. The zero-order valence-corrected chi connectivity index (χ0v) is 22.8. The van der Waals surface area contributed by atoms with Crippen LogP contribution in [0.4, 0.5) is 14.9 Å². The van der Waals surface area contributed by atoms with Crippen LogP contribution in [0.15, 0.2) is 82.3 Å². The number of aromatic nitrogens is 2. The molecule has 1 atom stereocenters. The molecule has 1 aliphatic rings. The number of rotatable bonds is 4. The van der Waals surface area contributed by atoms with Crippen molar-refractivity contribution in [3.8, 4) is 0 Å². The van der Waals surface area contributed by atoms with Gasteiger partial charge in [0.05, 0.1) is 27.8 Å². The number of nitrogens with zero attached hydrogens (tertiary/aromatic N) is 3. The van der Waals surface area contributed by atoms with Gasteiger partial charge in [0, 0.05) is 22.5 Å². The zero-order chi connectivity index (χ0) is 27.2. The molecule has 1 aliphatic heterocycles. The number of nitrogens with one attached hydrogen (secondary N) is 1. The summed E-state index contributed by atoms with van der Waals surface area (Å²) in [7, 11) is -4.01. The number of amides is 2. The topological polar surface area (TPSA) is 101 Å². The minimum Gasteiger partial charge on any atom is -0.306 e. The van der Waals surface area contributed by atoms with Gasteiger partial charge in [0.1, 0.15) is 5.82 Å². The Morgan fingerprint density at radius 1 is 1.08 bits per heavy atom. The second-order valence-electron chi connectivity index (χ2n) is 8.99. The van der Waals surface area contributed by atoms with E-state index in [2.05, 4.69) is 26.3 Å². The summed E-state index contributed by atoms with van der Waals surface area (Å²) in [5.74, 6) is -0.584. The molecule has 0 bridgehead atoms. The summed E-state index contributed by atoms with van der Waals surface area (Å²) in [5, 5.41) is 7.68. The van der Waals surface area contributed by atoms with E-state index in [9.17, 15) is 22.4 Å². The number of hydrogen-bond acceptors (Lipinski definition) is 5. The van der Waals surface area contributed by atoms with E-state index < -0.39 is 27.9 Å². The summed E-state index contributed by atoms with van der Waals surface area (Å²) < 4.78 is 41.8. The summed E-state index contributed by atoms with van der Waals surface area (Å²) in [4.78, 5) is 26.9. The largest absolute Gasteiger partial charge is 0.326 e. The van der Waals surface area contributed by atoms with E-state index in [1.54, 1.807) is 25.1 Å². The molecule has 5 rings (SSSR count). The lowest BCUT2D eigenvalue weighted by Gasteiger charge is -2.31. The molecule has 0 saturated carbocycles. The first-order valence-electron chi connectivity index (χ1n) is 11.6. The Morgan fingerprint density at radius 3 is 2.45 bits per heavy atom. The predicted octanol–water partition coefficient (Wildman–Crippen LogP) is 5.85. The van der Waals surface area contributed by atoms with Crippen LogP contribution in [0.25, 0.3) is 10.9 Å². The molecule has 0 aliphatic carbocycles. The fourth-order valence-corrected chi connectivity index (χ4v) is 6.08. The van der Waals surface area contributed by atoms with Gasteiger partial charge < -0.3 is 5.32 Å². The summed E-state index contributed by atoms with van der Waals surface area (Å²) in [6, 6.07) is 14.1. The molecule has 4 aromatic rings. The molecule has 0 saturated heterocycles. The van der Waals surface area contributed by atoms with Gasteiger partial charge >= 0.3 is 6.03 Å². The third-order valence-corrected chi connectivity index (χ3v) is 8.61. The van der Waals surface area contributed by atoms with Crippen molar-refractivity contribution < 1.29 is 22.4 Å². The van der Waals surface area contributed by atoms with E-state index in [1.165, 1.54) is 59.6 Å². The molecule has 11 heteroatoms. The maximum absolute atomic E-state index is 13.5. The number of carbonyl (C=O) groups excluding carboxylic acids is 2. The number of ketones is 1. The Hall–Kier alpha value is -3.83. The molecule has 1 aromatic heterocycles. The number of hydrogen-bond donors (Lipinski definition) is 1. The van der Waals surface area contributed by atoms with Crippen LogP contribution in [0.1, 0.15) is 29.3 Å². The number of fused-ring (bicyclic) bond motifs is 1. The van der Waals surface area contributed by atoms with Crippen molar-refractivity contribution in [3.63, 3.8) is 0 Å². The molecule has 38 heavy (non-hydrogen) atoms. The Morgan fingerprint density at radius 2 is 1.76 bits per heavy atom. The molecule has 3 aromatic carbocycles. The number of benzene rings is 3. The van der Waals surface area contributed by atoms with E-state index in [-0.39, 0.29) is 17.1 Å². The van der Waals surface area contributed by atoms with Crippen LogP contribution < -0.4 is 5.32 Å². The molecule has 2 amide bonds. The standard InChI is InChI=1S/C27H22BrFN4O4S/c1-16-3-9-21(10-4-16)38(36,37)33-26-15-24(23(28)14-22(26)17(2)31-33)30-27(35)32-12-11-20(34)13-25(32)18-5-7-19(29)8-6-18/h3-12,14-15,25H,13H2,1-2H3,(H,30,35). The van der Waals surface area contributed by atoms with E-state index in [1.807, 2.05) is 6.92 Å². The first-order chi connectivity index (χ1) is 18.0. The smallest absolute Gasteiger partial charge is 0.306 e. The molecule has 8 nitrogen and oxygen atoms in total. The fraction of sp³-hybridized carbons (Fsp3) is 0.148. The Balaban J connectivity index is 1.52. The van der Waals surface area contributed by atoms with Gasteiger partial charge in [-0.3, -0.25) is 9.69 Å². The van der Waals surface area contributed by atoms with Crippen molar-refractivity contribution in [2.24, 2.45) is 0 Å². The molecule has 0 fully saturated rings. The van der Waals surface area contributed by atoms with Crippen LogP contribution in [-0.4, -0.2) is 34.3 Å². The zero-order valence-electron chi connectivity index (χ0n) is 20.4. The number of aryl methyl sites for hydroxylation is 2. The minimum absolute atomic E-state index is 0.0382. The lowest BCUT2D eigenvalue weighted by atomic mass is 9.97. The molecular weight excluding hydrogens is 575 g/mol. The van der Waals surface area contributed by atoms with Gasteiger partial charge in [-0.15, -0.1) is 0 Å². The highest BCUT2D eigenvalue weighted by molar-refractivity contribution is 9.10. The van der Waals surface area contributed by atoms with Crippen molar-refractivity contribution in [1.82, 2.24) is 14.1 Å². The molecule has 194 valence electrons. The van der Waals surface area contributed by atoms with E-state index >= 15 is 0 Å². The summed E-state index contributed by atoms with van der Waals surface area (Å²) in [5.41, 5.74) is 2.63. The summed E-state index contributed by atoms with van der Waals surface area (Å²) >= 11 is 3.46. The van der Waals surface area contributed by atoms with Crippen molar-refractivity contribution in [3.05, 3.63) is 100 Å². The van der Waals surface area contributed by atoms with Crippen LogP contribution >= 0.6 is 15.9 Å². The molecule has 1 unspecified atom stereocenters. The van der Waals surface area contributed by atoms with Crippen molar-refractivity contribution in [2.75, 3.05) is 5.32 Å². The third-order valence-electron chi connectivity index (χ3n) is 6.35. The number of urea groups is 1. The molecule has 0 spiro atoms. The van der Waals surface area contributed by atoms with E-state index in [4.69, 9.17) is 0 Å². The maximum Gasteiger partial charge on any atom is 0.326 e.